The van der Waals surface area contributed by atoms with E-state index in [1.807, 2.05) is 0 Å². The van der Waals surface area contributed by atoms with Gasteiger partial charge in [-0.3, -0.25) is 0 Å². The van der Waals surface area contributed by atoms with Gasteiger partial charge in [-0.05, 0) is 0 Å². The van der Waals surface area contributed by atoms with E-state index in [-0.39, 0.29) is 0 Å². The fraction of sp³-hybridized carbons (Fsp3) is 0.750. The fourth-order valence-electron chi connectivity index (χ4n) is 0.0833. The lowest BCUT2D eigenvalue weighted by molar-refractivity contribution is -0.431. The average Bonchev–Trinajstić information content (AvgIpc) is 1.65. The van der Waals surface area contributed by atoms with E-state index in [9.17, 15) is 0 Å². The van der Waals surface area contributed by atoms with Gasteiger partial charge in [0.05, 0.1) is 6.92 Å². The van der Waals surface area contributed by atoms with Crippen LogP contribution in [0.2, 0.25) is 0 Å². The summed E-state index contributed by atoms with van der Waals surface area (Å²) in [5, 5.41) is 0. The van der Waals surface area contributed by atoms with E-state index in [0.29, 0.717) is 5.97 Å². The first-order valence-electron chi connectivity index (χ1n) is 1.72. The lowest BCUT2D eigenvalue weighted by atomic mass is 10.8. The second-order valence-electron chi connectivity index (χ2n) is 0.900. The summed E-state index contributed by atoms with van der Waals surface area (Å²) in [5.74, 6) is 0.593. The predicted octanol–water partition coefficient (Wildman–Crippen LogP) is 0.345. The zero-order valence-corrected chi connectivity index (χ0v) is 4.32. The monoisotopic (exact) mass is 89.1 g/mol. The zero-order valence-electron chi connectivity index (χ0n) is 4.32. The van der Waals surface area contributed by atoms with Crippen LogP contribution >= 0.6 is 0 Å². The summed E-state index contributed by atoms with van der Waals surface area (Å²) in [5.41, 5.74) is 0. The first-order valence-corrected chi connectivity index (χ1v) is 1.72. The first kappa shape index (κ1) is 5.47. The Balaban J connectivity index is 3.22. The molecule has 0 unspecified atom stereocenters. The number of carbonyl (C=O) groups excluding carboxylic acids is 1. The number of hydrogen-bond donors (Lipinski definition) is 0. The van der Waals surface area contributed by atoms with Crippen LogP contribution in [-0.2, 0) is 9.16 Å². The molecule has 0 radical (unpaired) electrons. The molecular weight excluding hydrogens is 80.0 g/mol. The quantitative estimate of drug-likeness (QED) is 0.309. The molecule has 6 heavy (non-hydrogen) atoms. The van der Waals surface area contributed by atoms with E-state index < -0.39 is 0 Å². The molecule has 0 aliphatic heterocycles. The number of hydrogen-bond acceptors (Lipinski definition) is 1. The lowest BCUT2D eigenvalue weighted by Crippen LogP contribution is -1.94. The third kappa shape index (κ3) is 1.76. The van der Waals surface area contributed by atoms with Gasteiger partial charge in [0.15, 0.2) is 14.2 Å². The van der Waals surface area contributed by atoms with Gasteiger partial charge < -0.3 is 9.16 Å². The molecule has 0 bridgehead atoms. The van der Waals surface area contributed by atoms with Crippen LogP contribution in [0.1, 0.15) is 6.92 Å². The van der Waals surface area contributed by atoms with Gasteiger partial charge in [0.1, 0.15) is 0 Å². The summed E-state index contributed by atoms with van der Waals surface area (Å²) in [6.07, 6.45) is 0. The predicted molar refractivity (Wildman–Crippen MR) is 23.6 cm³/mol. The van der Waals surface area contributed by atoms with Crippen LogP contribution in [0, 0.1) is 0 Å². The lowest BCUT2D eigenvalue weighted by Gasteiger charge is -1.74. The fourth-order valence-corrected chi connectivity index (χ4v) is 0.0833. The molecule has 0 fully saturated rings. The van der Waals surface area contributed by atoms with Gasteiger partial charge in [-0.1, -0.05) is 0 Å². The first-order chi connectivity index (χ1) is 2.81. The molecule has 2 heteroatoms. The van der Waals surface area contributed by atoms with Gasteiger partial charge in [-0.25, -0.2) is 0 Å². The van der Waals surface area contributed by atoms with Crippen LogP contribution in [-0.4, -0.2) is 20.2 Å². The number of methoxy groups -OCH3 is 1. The molecule has 0 atom stereocenters. The van der Waals surface area contributed by atoms with Crippen molar-refractivity contribution in [1.29, 1.82) is 0 Å². The Labute approximate surface area is 37.4 Å². The highest BCUT2D eigenvalue weighted by molar-refractivity contribution is 5.66. The van der Waals surface area contributed by atoms with E-state index in [1.165, 1.54) is 0 Å². The molecule has 0 aliphatic rings. The van der Waals surface area contributed by atoms with Gasteiger partial charge in [0, 0.05) is 0 Å². The van der Waals surface area contributed by atoms with Gasteiger partial charge in [-0.15, -0.1) is 0 Å². The topological polar surface area (TPSA) is 20.5 Å². The van der Waals surface area contributed by atoms with Crippen LogP contribution in [0.25, 0.3) is 0 Å². The van der Waals surface area contributed by atoms with Crippen molar-refractivity contribution >= 4 is 5.97 Å². The molecule has 0 N–H and O–H groups in total. The molecule has 36 valence electrons. The van der Waals surface area contributed by atoms with E-state index in [4.69, 9.17) is 0 Å². The second-order valence-corrected chi connectivity index (χ2v) is 0.900. The van der Waals surface area contributed by atoms with E-state index >= 15 is 0 Å². The van der Waals surface area contributed by atoms with Crippen LogP contribution in [0.4, 0.5) is 0 Å². The second kappa shape index (κ2) is 2.69. The number of esters is 1. The normalized spacial score (nSPS) is 11.5. The van der Waals surface area contributed by atoms with Crippen LogP contribution in [0.3, 0.4) is 0 Å². The standard InChI is InChI=1S/C4H9O2/c1-4(5-2)6-3/h1-3H3/q+1. The van der Waals surface area contributed by atoms with Crippen molar-refractivity contribution in [2.45, 2.75) is 6.92 Å². The van der Waals surface area contributed by atoms with Crippen molar-refractivity contribution in [3.8, 4) is 0 Å². The highest BCUT2D eigenvalue weighted by atomic mass is 16.6. The number of rotatable bonds is 0. The summed E-state index contributed by atoms with van der Waals surface area (Å²) in [7, 11) is 3.14. The maximum atomic E-state index is 4.59. The maximum Gasteiger partial charge on any atom is 0.480 e. The van der Waals surface area contributed by atoms with Gasteiger partial charge in [-0.2, -0.15) is 0 Å². The smallest absolute Gasteiger partial charge is 0.326 e. The molecule has 0 aromatic rings. The van der Waals surface area contributed by atoms with Crippen LogP contribution in [0.15, 0.2) is 0 Å². The molecule has 0 saturated carbocycles. The van der Waals surface area contributed by atoms with Crippen molar-refractivity contribution in [3.05, 3.63) is 0 Å². The maximum absolute atomic E-state index is 4.59. The molecule has 0 aromatic heterocycles. The Bertz CT molecular complexity index is 56.6. The summed E-state index contributed by atoms with van der Waals surface area (Å²) in [6, 6.07) is 0. The van der Waals surface area contributed by atoms with Crippen LogP contribution in [0.5, 0.6) is 0 Å². The molecular formula is C4H9O2+. The highest BCUT2D eigenvalue weighted by Gasteiger charge is 1.92. The Morgan fingerprint density at radius 3 is 2.17 bits per heavy atom. The molecule has 2 nitrogen and oxygen atoms in total. The summed E-state index contributed by atoms with van der Waals surface area (Å²) >= 11 is 0. The number of ether oxygens (including phenoxy) is 1. The molecule has 0 saturated heterocycles. The highest BCUT2D eigenvalue weighted by Crippen LogP contribution is 1.65. The third-order valence-electron chi connectivity index (χ3n) is 0.575. The van der Waals surface area contributed by atoms with Crippen LogP contribution < -0.4 is 0 Å². The Kier molecular flexibility index (Phi) is 2.46. The van der Waals surface area contributed by atoms with Gasteiger partial charge >= 0.3 is 5.97 Å². The largest absolute Gasteiger partial charge is 0.480 e. The van der Waals surface area contributed by atoms with E-state index in [2.05, 4.69) is 9.16 Å². The average molecular weight is 89.1 g/mol. The zero-order chi connectivity index (χ0) is 4.99. The van der Waals surface area contributed by atoms with E-state index in [1.54, 1.807) is 21.1 Å². The molecule has 0 spiro atoms. The molecule has 0 aromatic carbocycles. The summed E-state index contributed by atoms with van der Waals surface area (Å²) in [4.78, 5) is 0. The molecule has 0 aliphatic carbocycles. The van der Waals surface area contributed by atoms with E-state index in [0.717, 1.165) is 0 Å². The Hall–Kier alpha value is -0.530. The van der Waals surface area contributed by atoms with Crippen molar-refractivity contribution in [2.75, 3.05) is 14.2 Å². The van der Waals surface area contributed by atoms with Gasteiger partial charge in [0.25, 0.3) is 0 Å². The minimum atomic E-state index is 0.593. The van der Waals surface area contributed by atoms with Gasteiger partial charge in [0.2, 0.25) is 0 Å². The molecule has 0 amide bonds. The summed E-state index contributed by atoms with van der Waals surface area (Å²) < 4.78 is 9.19. The third-order valence-corrected chi connectivity index (χ3v) is 0.575. The SMILES string of the molecule is COC(C)=[O+]C. The van der Waals surface area contributed by atoms with Crippen molar-refractivity contribution in [1.82, 2.24) is 0 Å². The van der Waals surface area contributed by atoms with Crippen molar-refractivity contribution < 1.29 is 9.16 Å². The van der Waals surface area contributed by atoms with Crippen molar-refractivity contribution in [2.24, 2.45) is 0 Å². The Morgan fingerprint density at radius 2 is 2.17 bits per heavy atom. The molecule has 0 rings (SSSR count). The molecule has 0 heterocycles. The Morgan fingerprint density at radius 1 is 1.67 bits per heavy atom. The summed E-state index contributed by atoms with van der Waals surface area (Å²) in [6.45, 7) is 1.75. The minimum Gasteiger partial charge on any atom is -0.326 e. The minimum absolute atomic E-state index is 0.593. The van der Waals surface area contributed by atoms with Crippen molar-refractivity contribution in [3.63, 3.8) is 0 Å².